The first-order valence-corrected chi connectivity index (χ1v) is 6.43. The fraction of sp³-hybridized carbons (Fsp3) is 0.643. The lowest BCUT2D eigenvalue weighted by Gasteiger charge is -2.17. The molecule has 1 aromatic heterocycles. The second-order valence-electron chi connectivity index (χ2n) is 5.14. The average molecular weight is 218 g/mol. The van der Waals surface area contributed by atoms with Crippen molar-refractivity contribution in [1.82, 2.24) is 4.98 Å². The third-order valence-corrected chi connectivity index (χ3v) is 3.52. The summed E-state index contributed by atoms with van der Waals surface area (Å²) in [6.07, 6.45) is 8.63. The van der Waals surface area contributed by atoms with Gasteiger partial charge in [0.25, 0.3) is 0 Å². The van der Waals surface area contributed by atoms with Crippen molar-refractivity contribution >= 4 is 5.69 Å². The van der Waals surface area contributed by atoms with Crippen molar-refractivity contribution in [3.8, 4) is 0 Å². The summed E-state index contributed by atoms with van der Waals surface area (Å²) >= 11 is 0. The first-order valence-electron chi connectivity index (χ1n) is 6.43. The molecule has 2 unspecified atom stereocenters. The van der Waals surface area contributed by atoms with Crippen molar-refractivity contribution in [3.05, 3.63) is 24.0 Å². The van der Waals surface area contributed by atoms with Crippen LogP contribution in [-0.2, 0) is 0 Å². The smallest absolute Gasteiger partial charge is 0.0393 e. The van der Waals surface area contributed by atoms with Gasteiger partial charge in [0.2, 0.25) is 0 Å². The van der Waals surface area contributed by atoms with Crippen LogP contribution in [0.3, 0.4) is 0 Å². The molecular formula is C14H22N2. The van der Waals surface area contributed by atoms with Crippen molar-refractivity contribution in [3.63, 3.8) is 0 Å². The zero-order valence-electron chi connectivity index (χ0n) is 10.4. The molecule has 0 bridgehead atoms. The minimum absolute atomic E-state index is 0.659. The predicted molar refractivity (Wildman–Crippen MR) is 68.6 cm³/mol. The molecule has 1 aliphatic rings. The maximum Gasteiger partial charge on any atom is 0.0393 e. The van der Waals surface area contributed by atoms with E-state index in [1.807, 2.05) is 13.1 Å². The van der Waals surface area contributed by atoms with Crippen LogP contribution in [0.4, 0.5) is 5.69 Å². The van der Waals surface area contributed by atoms with E-state index in [9.17, 15) is 0 Å². The summed E-state index contributed by atoms with van der Waals surface area (Å²) in [6, 6.07) is 4.86. The third-order valence-electron chi connectivity index (χ3n) is 3.52. The van der Waals surface area contributed by atoms with Gasteiger partial charge in [0.15, 0.2) is 0 Å². The Hall–Kier alpha value is -1.05. The van der Waals surface area contributed by atoms with Gasteiger partial charge in [0.1, 0.15) is 0 Å². The molecule has 0 radical (unpaired) electrons. The molecule has 1 aliphatic carbocycles. The van der Waals surface area contributed by atoms with Crippen LogP contribution in [0, 0.1) is 12.8 Å². The molecule has 0 spiro atoms. The Morgan fingerprint density at radius 1 is 1.25 bits per heavy atom. The molecule has 0 saturated heterocycles. The zero-order chi connectivity index (χ0) is 11.4. The number of hydrogen-bond acceptors (Lipinski definition) is 2. The van der Waals surface area contributed by atoms with Gasteiger partial charge in [-0.15, -0.1) is 0 Å². The van der Waals surface area contributed by atoms with E-state index in [-0.39, 0.29) is 0 Å². The highest BCUT2D eigenvalue weighted by Crippen LogP contribution is 2.24. The number of pyridine rings is 1. The lowest BCUT2D eigenvalue weighted by atomic mass is 10.0. The van der Waals surface area contributed by atoms with E-state index in [0.29, 0.717) is 6.04 Å². The van der Waals surface area contributed by atoms with Crippen LogP contribution in [0.25, 0.3) is 0 Å². The van der Waals surface area contributed by atoms with Crippen molar-refractivity contribution in [1.29, 1.82) is 0 Å². The van der Waals surface area contributed by atoms with Crippen LogP contribution in [-0.4, -0.2) is 11.0 Å². The summed E-state index contributed by atoms with van der Waals surface area (Å²) in [7, 11) is 0. The van der Waals surface area contributed by atoms with Crippen LogP contribution in [0.1, 0.15) is 44.7 Å². The van der Waals surface area contributed by atoms with Crippen LogP contribution >= 0.6 is 0 Å². The van der Waals surface area contributed by atoms with Crippen molar-refractivity contribution < 1.29 is 0 Å². The number of nitrogens with zero attached hydrogens (tertiary/aromatic N) is 1. The highest BCUT2D eigenvalue weighted by atomic mass is 14.9. The second-order valence-corrected chi connectivity index (χ2v) is 5.14. The molecule has 88 valence electrons. The number of hydrogen-bond donors (Lipinski definition) is 1. The Morgan fingerprint density at radius 3 is 2.94 bits per heavy atom. The Balaban J connectivity index is 1.93. The van der Waals surface area contributed by atoms with Gasteiger partial charge in [-0.25, -0.2) is 0 Å². The van der Waals surface area contributed by atoms with Gasteiger partial charge in [0, 0.05) is 23.6 Å². The standard InChI is InChI=1S/C14H22N2/c1-11-4-3-5-13(7-6-11)16-14-8-9-15-12(2)10-14/h8-11,13H,3-7H2,1-2H3,(H,15,16). The molecule has 0 aliphatic heterocycles. The minimum atomic E-state index is 0.659. The average Bonchev–Trinajstić information content (AvgIpc) is 2.44. The van der Waals surface area contributed by atoms with Gasteiger partial charge in [-0.2, -0.15) is 0 Å². The molecule has 1 saturated carbocycles. The molecule has 0 aromatic carbocycles. The van der Waals surface area contributed by atoms with Crippen molar-refractivity contribution in [2.45, 2.75) is 52.0 Å². The topological polar surface area (TPSA) is 24.9 Å². The number of nitrogens with one attached hydrogen (secondary N) is 1. The zero-order valence-corrected chi connectivity index (χ0v) is 10.4. The van der Waals surface area contributed by atoms with Gasteiger partial charge in [-0.3, -0.25) is 4.98 Å². The maximum absolute atomic E-state index is 4.22. The maximum atomic E-state index is 4.22. The fourth-order valence-corrected chi connectivity index (χ4v) is 2.50. The summed E-state index contributed by atoms with van der Waals surface area (Å²) in [4.78, 5) is 4.22. The van der Waals surface area contributed by atoms with E-state index in [1.165, 1.54) is 37.8 Å². The van der Waals surface area contributed by atoms with Crippen LogP contribution < -0.4 is 5.32 Å². The summed E-state index contributed by atoms with van der Waals surface area (Å²) in [6.45, 7) is 4.42. The van der Waals surface area contributed by atoms with E-state index < -0.39 is 0 Å². The molecule has 1 heterocycles. The number of aromatic nitrogens is 1. The van der Waals surface area contributed by atoms with Gasteiger partial charge >= 0.3 is 0 Å². The SMILES string of the molecule is Cc1cc(NC2CCCC(C)CC2)ccn1. The van der Waals surface area contributed by atoms with E-state index in [1.54, 1.807) is 0 Å². The lowest BCUT2D eigenvalue weighted by Crippen LogP contribution is -2.18. The molecule has 16 heavy (non-hydrogen) atoms. The highest BCUT2D eigenvalue weighted by Gasteiger charge is 2.15. The van der Waals surface area contributed by atoms with Crippen LogP contribution in [0.15, 0.2) is 18.3 Å². The molecule has 2 nitrogen and oxygen atoms in total. The highest BCUT2D eigenvalue weighted by molar-refractivity contribution is 5.43. The number of anilines is 1. The van der Waals surface area contributed by atoms with Gasteiger partial charge in [-0.1, -0.05) is 19.8 Å². The van der Waals surface area contributed by atoms with Gasteiger partial charge in [0.05, 0.1) is 0 Å². The molecule has 0 amide bonds. The fourth-order valence-electron chi connectivity index (χ4n) is 2.50. The summed E-state index contributed by atoms with van der Waals surface area (Å²) in [5.74, 6) is 0.908. The molecule has 1 N–H and O–H groups in total. The van der Waals surface area contributed by atoms with E-state index in [0.717, 1.165) is 11.6 Å². The van der Waals surface area contributed by atoms with Crippen molar-refractivity contribution in [2.24, 2.45) is 5.92 Å². The number of rotatable bonds is 2. The summed E-state index contributed by atoms with van der Waals surface area (Å²) in [5, 5.41) is 3.64. The largest absolute Gasteiger partial charge is 0.382 e. The van der Waals surface area contributed by atoms with E-state index in [4.69, 9.17) is 0 Å². The van der Waals surface area contributed by atoms with Crippen LogP contribution in [0.2, 0.25) is 0 Å². The Labute approximate surface area is 98.5 Å². The van der Waals surface area contributed by atoms with Crippen molar-refractivity contribution in [2.75, 3.05) is 5.32 Å². The number of aryl methyl sites for hydroxylation is 1. The molecule has 1 fully saturated rings. The van der Waals surface area contributed by atoms with E-state index in [2.05, 4.69) is 29.4 Å². The molecular weight excluding hydrogens is 196 g/mol. The predicted octanol–water partition coefficient (Wildman–Crippen LogP) is 3.77. The molecule has 2 atom stereocenters. The van der Waals surface area contributed by atoms with Crippen LogP contribution in [0.5, 0.6) is 0 Å². The lowest BCUT2D eigenvalue weighted by molar-refractivity contribution is 0.502. The summed E-state index contributed by atoms with van der Waals surface area (Å²) in [5.41, 5.74) is 2.32. The Bertz CT molecular complexity index is 335. The first kappa shape index (κ1) is 11.4. The Kier molecular flexibility index (Phi) is 3.81. The monoisotopic (exact) mass is 218 g/mol. The minimum Gasteiger partial charge on any atom is -0.382 e. The second kappa shape index (κ2) is 5.33. The normalized spacial score (nSPS) is 26.1. The molecule has 1 aromatic rings. The van der Waals surface area contributed by atoms with E-state index >= 15 is 0 Å². The summed E-state index contributed by atoms with van der Waals surface area (Å²) < 4.78 is 0. The molecule has 2 heteroatoms. The third kappa shape index (κ3) is 3.22. The quantitative estimate of drug-likeness (QED) is 0.764. The molecule has 2 rings (SSSR count). The van der Waals surface area contributed by atoms with Gasteiger partial charge in [-0.05, 0) is 44.2 Å². The Morgan fingerprint density at radius 2 is 2.12 bits per heavy atom. The first-order chi connectivity index (χ1) is 7.74. The van der Waals surface area contributed by atoms with Gasteiger partial charge < -0.3 is 5.32 Å².